The SMILES string of the molecule is COc1ccc2c(c1)C(=O)NC2CC(=O)NCc1ccco1. The van der Waals surface area contributed by atoms with Gasteiger partial charge in [0.2, 0.25) is 5.91 Å². The zero-order valence-corrected chi connectivity index (χ0v) is 12.1. The number of amides is 2. The van der Waals surface area contributed by atoms with Crippen LogP contribution in [0.2, 0.25) is 0 Å². The maximum Gasteiger partial charge on any atom is 0.252 e. The van der Waals surface area contributed by atoms with Crippen LogP contribution in [0, 0.1) is 0 Å². The van der Waals surface area contributed by atoms with Crippen molar-refractivity contribution in [2.24, 2.45) is 0 Å². The summed E-state index contributed by atoms with van der Waals surface area (Å²) in [6.45, 7) is 0.335. The molecule has 1 atom stereocenters. The second-order valence-electron chi connectivity index (χ2n) is 5.04. The first-order valence-electron chi connectivity index (χ1n) is 6.95. The van der Waals surface area contributed by atoms with Crippen LogP contribution in [0.15, 0.2) is 41.0 Å². The number of methoxy groups -OCH3 is 1. The van der Waals surface area contributed by atoms with Gasteiger partial charge in [-0.3, -0.25) is 9.59 Å². The van der Waals surface area contributed by atoms with E-state index in [-0.39, 0.29) is 24.3 Å². The van der Waals surface area contributed by atoms with E-state index in [4.69, 9.17) is 9.15 Å². The van der Waals surface area contributed by atoms with Crippen molar-refractivity contribution in [3.05, 3.63) is 53.5 Å². The van der Waals surface area contributed by atoms with Gasteiger partial charge in [0, 0.05) is 5.56 Å². The third-order valence-corrected chi connectivity index (χ3v) is 3.62. The molecule has 6 nitrogen and oxygen atoms in total. The summed E-state index contributed by atoms with van der Waals surface area (Å²) in [5, 5.41) is 5.59. The number of rotatable bonds is 5. The summed E-state index contributed by atoms with van der Waals surface area (Å²) in [7, 11) is 1.55. The van der Waals surface area contributed by atoms with Crippen LogP contribution < -0.4 is 15.4 Å². The van der Waals surface area contributed by atoms with Crippen molar-refractivity contribution in [3.8, 4) is 5.75 Å². The lowest BCUT2D eigenvalue weighted by molar-refractivity contribution is -0.121. The molecule has 1 aliphatic heterocycles. The molecule has 0 saturated heterocycles. The molecule has 0 bridgehead atoms. The van der Waals surface area contributed by atoms with Crippen molar-refractivity contribution in [2.45, 2.75) is 19.0 Å². The van der Waals surface area contributed by atoms with Crippen LogP contribution >= 0.6 is 0 Å². The first-order chi connectivity index (χ1) is 10.7. The normalized spacial score (nSPS) is 16.0. The zero-order valence-electron chi connectivity index (χ0n) is 12.1. The largest absolute Gasteiger partial charge is 0.497 e. The van der Waals surface area contributed by atoms with Gasteiger partial charge in [-0.15, -0.1) is 0 Å². The van der Waals surface area contributed by atoms with E-state index in [2.05, 4.69) is 10.6 Å². The lowest BCUT2D eigenvalue weighted by Crippen LogP contribution is -2.28. The van der Waals surface area contributed by atoms with E-state index < -0.39 is 0 Å². The van der Waals surface area contributed by atoms with E-state index in [1.165, 1.54) is 0 Å². The average Bonchev–Trinajstić information content (AvgIpc) is 3.14. The smallest absolute Gasteiger partial charge is 0.252 e. The molecule has 2 heterocycles. The van der Waals surface area contributed by atoms with E-state index in [9.17, 15) is 9.59 Å². The van der Waals surface area contributed by atoms with Crippen molar-refractivity contribution in [1.82, 2.24) is 10.6 Å². The highest BCUT2D eigenvalue weighted by atomic mass is 16.5. The number of carbonyl (C=O) groups excluding carboxylic acids is 2. The number of hydrogen-bond donors (Lipinski definition) is 2. The highest BCUT2D eigenvalue weighted by Gasteiger charge is 2.30. The van der Waals surface area contributed by atoms with Gasteiger partial charge in [0.1, 0.15) is 11.5 Å². The number of carbonyl (C=O) groups is 2. The van der Waals surface area contributed by atoms with Crippen molar-refractivity contribution in [2.75, 3.05) is 7.11 Å². The molecule has 22 heavy (non-hydrogen) atoms. The minimum absolute atomic E-state index is 0.148. The first-order valence-corrected chi connectivity index (χ1v) is 6.95. The molecule has 1 aromatic heterocycles. The molecular weight excluding hydrogens is 284 g/mol. The summed E-state index contributed by atoms with van der Waals surface area (Å²) < 4.78 is 10.3. The van der Waals surface area contributed by atoms with Gasteiger partial charge >= 0.3 is 0 Å². The Balaban J connectivity index is 1.65. The Morgan fingerprint density at radius 1 is 1.41 bits per heavy atom. The number of furan rings is 1. The second-order valence-corrected chi connectivity index (χ2v) is 5.04. The summed E-state index contributed by atoms with van der Waals surface area (Å²) in [4.78, 5) is 24.0. The molecule has 0 spiro atoms. The van der Waals surface area contributed by atoms with Crippen LogP contribution in [0.4, 0.5) is 0 Å². The van der Waals surface area contributed by atoms with Gasteiger partial charge in [-0.05, 0) is 29.8 Å². The molecule has 0 saturated carbocycles. The highest BCUT2D eigenvalue weighted by molar-refractivity contribution is 6.00. The van der Waals surface area contributed by atoms with Crippen LogP contribution in [0.3, 0.4) is 0 Å². The van der Waals surface area contributed by atoms with Crippen LogP contribution in [-0.4, -0.2) is 18.9 Å². The molecule has 1 aliphatic rings. The average molecular weight is 300 g/mol. The van der Waals surface area contributed by atoms with Gasteiger partial charge in [-0.1, -0.05) is 6.07 Å². The monoisotopic (exact) mass is 300 g/mol. The molecule has 3 rings (SSSR count). The van der Waals surface area contributed by atoms with E-state index in [0.29, 0.717) is 23.6 Å². The molecule has 114 valence electrons. The van der Waals surface area contributed by atoms with Gasteiger partial charge in [0.05, 0.1) is 32.4 Å². The van der Waals surface area contributed by atoms with Crippen LogP contribution in [0.5, 0.6) is 5.75 Å². The second kappa shape index (κ2) is 5.93. The molecule has 1 unspecified atom stereocenters. The summed E-state index contributed by atoms with van der Waals surface area (Å²) >= 11 is 0. The topological polar surface area (TPSA) is 80.6 Å². The van der Waals surface area contributed by atoms with Gasteiger partial charge in [-0.2, -0.15) is 0 Å². The molecule has 0 aliphatic carbocycles. The maximum absolute atomic E-state index is 12.0. The lowest BCUT2D eigenvalue weighted by Gasteiger charge is -2.11. The molecule has 2 amide bonds. The summed E-state index contributed by atoms with van der Waals surface area (Å²) in [6, 6.07) is 8.53. The van der Waals surface area contributed by atoms with E-state index >= 15 is 0 Å². The third-order valence-electron chi connectivity index (χ3n) is 3.62. The molecular formula is C16H16N2O4. The summed E-state index contributed by atoms with van der Waals surface area (Å²) in [5.41, 5.74) is 1.38. The lowest BCUT2D eigenvalue weighted by atomic mass is 10.0. The Bertz CT molecular complexity index is 694. The molecule has 1 aromatic carbocycles. The maximum atomic E-state index is 12.0. The Labute approximate surface area is 127 Å². The van der Waals surface area contributed by atoms with Crippen molar-refractivity contribution in [1.29, 1.82) is 0 Å². The number of ether oxygens (including phenoxy) is 1. The van der Waals surface area contributed by atoms with Gasteiger partial charge in [0.25, 0.3) is 5.91 Å². The summed E-state index contributed by atoms with van der Waals surface area (Å²) in [5.74, 6) is 0.980. The van der Waals surface area contributed by atoms with E-state index in [1.54, 1.807) is 37.6 Å². The van der Waals surface area contributed by atoms with Gasteiger partial charge in [0.15, 0.2) is 0 Å². The third kappa shape index (κ3) is 2.81. The number of fused-ring (bicyclic) bond motifs is 1. The molecule has 6 heteroatoms. The molecule has 0 fully saturated rings. The zero-order chi connectivity index (χ0) is 15.5. The van der Waals surface area contributed by atoms with Crippen molar-refractivity contribution in [3.63, 3.8) is 0 Å². The minimum Gasteiger partial charge on any atom is -0.497 e. The Morgan fingerprint density at radius 3 is 3.00 bits per heavy atom. The minimum atomic E-state index is -0.315. The Kier molecular flexibility index (Phi) is 3.82. The van der Waals surface area contributed by atoms with Gasteiger partial charge in [-0.25, -0.2) is 0 Å². The first kappa shape index (κ1) is 14.2. The number of nitrogens with one attached hydrogen (secondary N) is 2. The Hall–Kier alpha value is -2.76. The van der Waals surface area contributed by atoms with Gasteiger partial charge < -0.3 is 19.8 Å². The highest BCUT2D eigenvalue weighted by Crippen LogP contribution is 2.30. The van der Waals surface area contributed by atoms with Crippen LogP contribution in [0.25, 0.3) is 0 Å². The predicted molar refractivity (Wildman–Crippen MR) is 78.4 cm³/mol. The van der Waals surface area contributed by atoms with E-state index in [1.807, 2.05) is 6.07 Å². The fourth-order valence-electron chi connectivity index (χ4n) is 2.49. The molecule has 2 aromatic rings. The summed E-state index contributed by atoms with van der Waals surface area (Å²) in [6.07, 6.45) is 1.74. The van der Waals surface area contributed by atoms with Crippen molar-refractivity contribution < 1.29 is 18.7 Å². The fourth-order valence-corrected chi connectivity index (χ4v) is 2.49. The quantitative estimate of drug-likeness (QED) is 0.882. The predicted octanol–water partition coefficient (Wildman–Crippen LogP) is 1.78. The van der Waals surface area contributed by atoms with Crippen LogP contribution in [-0.2, 0) is 11.3 Å². The Morgan fingerprint density at radius 2 is 2.27 bits per heavy atom. The molecule has 2 N–H and O–H groups in total. The fraction of sp³-hybridized carbons (Fsp3) is 0.250. The van der Waals surface area contributed by atoms with Crippen molar-refractivity contribution >= 4 is 11.8 Å². The number of hydrogen-bond acceptors (Lipinski definition) is 4. The standard InChI is InChI=1S/C16H16N2O4/c1-21-10-4-5-12-13(7-10)16(20)18-14(12)8-15(19)17-9-11-3-2-6-22-11/h2-7,14H,8-9H2,1H3,(H,17,19)(H,18,20). The number of benzene rings is 1. The van der Waals surface area contributed by atoms with E-state index in [0.717, 1.165) is 5.56 Å². The molecule has 0 radical (unpaired) electrons. The van der Waals surface area contributed by atoms with Crippen LogP contribution in [0.1, 0.15) is 34.1 Å².